The van der Waals surface area contributed by atoms with Crippen molar-refractivity contribution in [2.75, 3.05) is 35.9 Å². The van der Waals surface area contributed by atoms with Crippen LogP contribution in [0.1, 0.15) is 40.2 Å². The first-order chi connectivity index (χ1) is 15.1. The van der Waals surface area contributed by atoms with E-state index in [0.717, 1.165) is 0 Å². The van der Waals surface area contributed by atoms with Gasteiger partial charge in [0.05, 0.1) is 6.04 Å². The molecular formula is C21H31FN4O6S. The Balaban J connectivity index is 1.90. The van der Waals surface area contributed by atoms with E-state index in [9.17, 15) is 23.1 Å². The first-order valence-electron chi connectivity index (χ1n) is 10.7. The fourth-order valence-electron chi connectivity index (χ4n) is 4.05. The molecule has 0 radical (unpaired) electrons. The van der Waals surface area contributed by atoms with Gasteiger partial charge in [0, 0.05) is 37.5 Å². The van der Waals surface area contributed by atoms with Crippen molar-refractivity contribution < 1.29 is 32.2 Å². The highest BCUT2D eigenvalue weighted by Crippen LogP contribution is 2.44. The molecular weight excluding hydrogens is 455 g/mol. The molecule has 1 saturated heterocycles. The van der Waals surface area contributed by atoms with Crippen molar-refractivity contribution in [2.24, 2.45) is 5.92 Å². The summed E-state index contributed by atoms with van der Waals surface area (Å²) < 4.78 is 47.7. The number of nitrogens with zero attached hydrogens (tertiary/aromatic N) is 3. The Morgan fingerprint density at radius 3 is 2.55 bits per heavy atom. The lowest BCUT2D eigenvalue weighted by molar-refractivity contribution is -0.117. The van der Waals surface area contributed by atoms with Gasteiger partial charge in [-0.15, -0.1) is 0 Å². The first-order valence-corrected chi connectivity index (χ1v) is 12.1. The maximum absolute atomic E-state index is 15.5. The number of phenols is 1. The third kappa shape index (κ3) is 5.10. The second-order valence-corrected chi connectivity index (χ2v) is 11.4. The minimum Gasteiger partial charge on any atom is -0.506 e. The van der Waals surface area contributed by atoms with Gasteiger partial charge in [-0.25, -0.2) is 18.2 Å². The van der Waals surface area contributed by atoms with E-state index >= 15 is 4.39 Å². The number of carbonyl (C=O) groups excluding carboxylic acids is 2. The van der Waals surface area contributed by atoms with Crippen LogP contribution < -0.4 is 13.9 Å². The monoisotopic (exact) mass is 486 g/mol. The molecule has 184 valence electrons. The van der Waals surface area contributed by atoms with E-state index in [2.05, 4.69) is 0 Å². The third-order valence-electron chi connectivity index (χ3n) is 5.40. The van der Waals surface area contributed by atoms with Crippen LogP contribution in [0, 0.1) is 11.7 Å². The van der Waals surface area contributed by atoms with Crippen LogP contribution in [0.2, 0.25) is 0 Å². The summed E-state index contributed by atoms with van der Waals surface area (Å²) >= 11 is 0. The second-order valence-electron chi connectivity index (χ2n) is 9.84. The van der Waals surface area contributed by atoms with Gasteiger partial charge < -0.3 is 19.6 Å². The summed E-state index contributed by atoms with van der Waals surface area (Å²) in [5, 5.41) is 10.5. The zero-order valence-electron chi connectivity index (χ0n) is 19.7. The third-order valence-corrected chi connectivity index (χ3v) is 6.78. The van der Waals surface area contributed by atoms with Crippen molar-refractivity contribution in [3.8, 4) is 5.75 Å². The molecule has 10 nitrogen and oxygen atoms in total. The fourth-order valence-corrected chi connectivity index (χ4v) is 5.21. The van der Waals surface area contributed by atoms with E-state index in [1.54, 1.807) is 42.3 Å². The summed E-state index contributed by atoms with van der Waals surface area (Å²) in [6.45, 7) is 9.35. The minimum absolute atomic E-state index is 0.171. The number of anilines is 2. The molecule has 1 fully saturated rings. The lowest BCUT2D eigenvalue weighted by Crippen LogP contribution is -2.46. The van der Waals surface area contributed by atoms with Gasteiger partial charge in [0.25, 0.3) is 5.91 Å². The van der Waals surface area contributed by atoms with Crippen LogP contribution in [0.5, 0.6) is 5.75 Å². The Morgan fingerprint density at radius 2 is 2.03 bits per heavy atom. The zero-order chi connectivity index (χ0) is 24.9. The highest BCUT2D eigenvalue weighted by molar-refractivity contribution is 7.92. The smallest absolute Gasteiger partial charge is 0.410 e. The van der Waals surface area contributed by atoms with E-state index in [4.69, 9.17) is 4.74 Å². The number of hydrogen-bond acceptors (Lipinski definition) is 7. The van der Waals surface area contributed by atoms with Crippen molar-refractivity contribution in [2.45, 2.75) is 52.7 Å². The number of halogens is 1. The van der Waals surface area contributed by atoms with Crippen LogP contribution in [-0.2, 0) is 26.2 Å². The molecule has 0 aromatic heterocycles. The molecule has 0 saturated carbocycles. The number of nitrogens with one attached hydrogen (secondary N) is 1. The van der Waals surface area contributed by atoms with Crippen LogP contribution in [0.25, 0.3) is 0 Å². The Bertz CT molecular complexity index is 1070. The molecule has 1 aromatic carbocycles. The summed E-state index contributed by atoms with van der Waals surface area (Å²) in [6.07, 6.45) is -0.297. The highest BCUT2D eigenvalue weighted by Gasteiger charge is 2.41. The van der Waals surface area contributed by atoms with E-state index in [0.29, 0.717) is 16.5 Å². The summed E-state index contributed by atoms with van der Waals surface area (Å²) in [5.74, 6) is -2.15. The van der Waals surface area contributed by atoms with Gasteiger partial charge in [0.2, 0.25) is 0 Å². The summed E-state index contributed by atoms with van der Waals surface area (Å²) in [7, 11) is -2.57. The number of carbonyl (C=O) groups is 2. The molecule has 2 amide bonds. The van der Waals surface area contributed by atoms with Gasteiger partial charge in [-0.3, -0.25) is 4.79 Å². The van der Waals surface area contributed by atoms with Crippen molar-refractivity contribution >= 4 is 33.6 Å². The van der Waals surface area contributed by atoms with Crippen molar-refractivity contribution in [3.63, 3.8) is 0 Å². The standard InChI is InChI=1S/C21H31FN4O6S/c1-12(2)9-25(20(29)32-21(3,4)5)10-13-7-14-15(24(13)6)8-16(27)19(18(14)22)26-11-17(28)23-33(26,30)31/h8,12-13,27H,7,9-11H2,1-6H3,(H,23,28)/t13-/m1/s1. The number of likely N-dealkylation sites (N-methyl/N-ethyl adjacent to an activating group) is 1. The van der Waals surface area contributed by atoms with Crippen molar-refractivity contribution in [3.05, 3.63) is 17.4 Å². The number of benzene rings is 1. The lowest BCUT2D eigenvalue weighted by Gasteiger charge is -2.32. The van der Waals surface area contributed by atoms with Crippen molar-refractivity contribution in [1.82, 2.24) is 9.62 Å². The molecule has 33 heavy (non-hydrogen) atoms. The highest BCUT2D eigenvalue weighted by atomic mass is 32.2. The average molecular weight is 487 g/mol. The van der Waals surface area contributed by atoms with Crippen LogP contribution in [0.3, 0.4) is 0 Å². The zero-order valence-corrected chi connectivity index (χ0v) is 20.5. The molecule has 0 aliphatic carbocycles. The van der Waals surface area contributed by atoms with Crippen LogP contribution in [0.4, 0.5) is 20.6 Å². The number of fused-ring (bicyclic) bond motifs is 1. The quantitative estimate of drug-likeness (QED) is 0.653. The molecule has 2 aliphatic rings. The van der Waals surface area contributed by atoms with Gasteiger partial charge in [-0.2, -0.15) is 8.42 Å². The Kier molecular flexibility index (Phi) is 6.44. The number of aromatic hydroxyl groups is 1. The predicted octanol–water partition coefficient (Wildman–Crippen LogP) is 1.97. The number of phenolic OH excluding ortho intramolecular Hbond substituents is 1. The van der Waals surface area contributed by atoms with Gasteiger partial charge >= 0.3 is 16.3 Å². The number of amides is 2. The topological polar surface area (TPSA) is 119 Å². The van der Waals surface area contributed by atoms with E-state index < -0.39 is 51.6 Å². The Labute approximate surface area is 193 Å². The molecule has 1 atom stereocenters. The number of hydrogen-bond donors (Lipinski definition) is 2. The van der Waals surface area contributed by atoms with Crippen LogP contribution in [-0.4, -0.2) is 68.7 Å². The van der Waals surface area contributed by atoms with Crippen LogP contribution in [0.15, 0.2) is 6.07 Å². The summed E-state index contributed by atoms with van der Waals surface area (Å²) in [4.78, 5) is 27.7. The largest absolute Gasteiger partial charge is 0.506 e. The molecule has 0 unspecified atom stereocenters. The van der Waals surface area contributed by atoms with E-state index in [1.807, 2.05) is 13.8 Å². The van der Waals surface area contributed by atoms with Gasteiger partial charge in [-0.1, -0.05) is 13.8 Å². The molecule has 0 spiro atoms. The molecule has 3 rings (SSSR count). The first kappa shape index (κ1) is 24.9. The minimum atomic E-state index is -4.29. The van der Waals surface area contributed by atoms with E-state index in [-0.39, 0.29) is 30.5 Å². The second kappa shape index (κ2) is 8.54. The van der Waals surface area contributed by atoms with Gasteiger partial charge in [0.1, 0.15) is 23.6 Å². The summed E-state index contributed by atoms with van der Waals surface area (Å²) in [5.41, 5.74) is -0.634. The normalized spacial score (nSPS) is 19.6. The van der Waals surface area contributed by atoms with E-state index in [1.165, 1.54) is 6.07 Å². The molecule has 1 aromatic rings. The lowest BCUT2D eigenvalue weighted by atomic mass is 10.1. The fraction of sp³-hybridized carbons (Fsp3) is 0.619. The maximum Gasteiger partial charge on any atom is 0.410 e. The molecule has 2 heterocycles. The molecule has 2 aliphatic heterocycles. The van der Waals surface area contributed by atoms with Gasteiger partial charge in [0.15, 0.2) is 5.82 Å². The maximum atomic E-state index is 15.5. The Hall–Kier alpha value is -2.76. The average Bonchev–Trinajstić information content (AvgIpc) is 3.08. The Morgan fingerprint density at radius 1 is 1.39 bits per heavy atom. The molecule has 12 heteroatoms. The summed E-state index contributed by atoms with van der Waals surface area (Å²) in [6, 6.07) is 0.956. The van der Waals surface area contributed by atoms with Crippen LogP contribution >= 0.6 is 0 Å². The number of rotatable bonds is 5. The molecule has 0 bridgehead atoms. The number of ether oxygens (including phenoxy) is 1. The SMILES string of the molecule is CC(C)CN(C[C@H]1Cc2c(cc(O)c(N3CC(=O)NS3(=O)=O)c2F)N1C)C(=O)OC(C)(C)C. The predicted molar refractivity (Wildman–Crippen MR) is 121 cm³/mol. The van der Waals surface area contributed by atoms with Gasteiger partial charge in [-0.05, 0) is 33.1 Å². The van der Waals surface area contributed by atoms with Crippen molar-refractivity contribution in [1.29, 1.82) is 0 Å². The molecule has 2 N–H and O–H groups in total.